The number of methoxy groups -OCH3 is 1. The third-order valence-corrected chi connectivity index (χ3v) is 3.07. The second-order valence-corrected chi connectivity index (χ2v) is 4.49. The predicted molar refractivity (Wildman–Crippen MR) is 69.6 cm³/mol. The quantitative estimate of drug-likeness (QED) is 0.768. The maximum Gasteiger partial charge on any atom is 0.407 e. The van der Waals surface area contributed by atoms with Crippen molar-refractivity contribution < 1.29 is 19.0 Å². The van der Waals surface area contributed by atoms with Crippen molar-refractivity contribution in [2.75, 3.05) is 20.5 Å². The Morgan fingerprint density at radius 1 is 1.42 bits per heavy atom. The molecular weight excluding hydrogens is 246 g/mol. The molecule has 1 N–H and O–H groups in total. The number of cyclic esters (lactones) is 1. The number of amides is 1. The molecule has 1 heterocycles. The fourth-order valence-electron chi connectivity index (χ4n) is 2.10. The van der Waals surface area contributed by atoms with E-state index in [1.165, 1.54) is 0 Å². The number of hydrogen-bond acceptors (Lipinski definition) is 4. The Labute approximate surface area is 112 Å². The Morgan fingerprint density at radius 3 is 2.84 bits per heavy atom. The molecule has 19 heavy (non-hydrogen) atoms. The second-order valence-electron chi connectivity index (χ2n) is 4.49. The van der Waals surface area contributed by atoms with Crippen molar-refractivity contribution in [1.29, 1.82) is 0 Å². The monoisotopic (exact) mass is 265 g/mol. The van der Waals surface area contributed by atoms with Crippen molar-refractivity contribution in [3.05, 3.63) is 35.9 Å². The van der Waals surface area contributed by atoms with E-state index in [0.29, 0.717) is 6.61 Å². The molecule has 0 spiro atoms. The number of nitrogens with one attached hydrogen (secondary N) is 1. The number of alkyl carbamates (subject to hydrolysis) is 1. The summed E-state index contributed by atoms with van der Waals surface area (Å²) in [6, 6.07) is 10.1. The van der Waals surface area contributed by atoms with Crippen LogP contribution in [0.1, 0.15) is 24.5 Å². The van der Waals surface area contributed by atoms with Gasteiger partial charge < -0.3 is 19.5 Å². The molecule has 1 saturated heterocycles. The molecular formula is C14H19NO4. The van der Waals surface area contributed by atoms with Crippen molar-refractivity contribution in [2.45, 2.75) is 25.0 Å². The molecule has 104 valence electrons. The Kier molecular flexibility index (Phi) is 5.18. The van der Waals surface area contributed by atoms with E-state index in [4.69, 9.17) is 14.2 Å². The van der Waals surface area contributed by atoms with E-state index < -0.39 is 0 Å². The van der Waals surface area contributed by atoms with Gasteiger partial charge in [-0.2, -0.15) is 0 Å². The first-order chi connectivity index (χ1) is 9.29. The average Bonchev–Trinajstić information content (AvgIpc) is 2.86. The first kappa shape index (κ1) is 13.8. The summed E-state index contributed by atoms with van der Waals surface area (Å²) in [4.78, 5) is 11.0. The molecule has 0 bridgehead atoms. The SMILES string of the molecule is COCO[C@@H](CC[C@H]1COC(=O)N1)c1ccccc1. The van der Waals surface area contributed by atoms with Crippen LogP contribution < -0.4 is 5.32 Å². The lowest BCUT2D eigenvalue weighted by Gasteiger charge is -2.19. The molecule has 1 aliphatic rings. The molecule has 2 atom stereocenters. The van der Waals surface area contributed by atoms with E-state index in [-0.39, 0.29) is 25.0 Å². The summed E-state index contributed by atoms with van der Waals surface area (Å²) in [7, 11) is 1.60. The van der Waals surface area contributed by atoms with Gasteiger partial charge in [-0.1, -0.05) is 30.3 Å². The topological polar surface area (TPSA) is 56.8 Å². The van der Waals surface area contributed by atoms with Crippen molar-refractivity contribution in [3.63, 3.8) is 0 Å². The van der Waals surface area contributed by atoms with E-state index in [1.807, 2.05) is 30.3 Å². The van der Waals surface area contributed by atoms with E-state index in [1.54, 1.807) is 7.11 Å². The molecule has 0 radical (unpaired) electrons. The number of ether oxygens (including phenoxy) is 3. The van der Waals surface area contributed by atoms with Gasteiger partial charge in [0.1, 0.15) is 13.4 Å². The van der Waals surface area contributed by atoms with Crippen molar-refractivity contribution >= 4 is 6.09 Å². The van der Waals surface area contributed by atoms with Gasteiger partial charge in [-0.05, 0) is 18.4 Å². The van der Waals surface area contributed by atoms with Gasteiger partial charge in [0.15, 0.2) is 0 Å². The van der Waals surface area contributed by atoms with Gasteiger partial charge in [-0.15, -0.1) is 0 Å². The zero-order chi connectivity index (χ0) is 13.5. The van der Waals surface area contributed by atoms with E-state index in [9.17, 15) is 4.79 Å². The molecule has 0 aliphatic carbocycles. The number of hydrogen-bond donors (Lipinski definition) is 1. The van der Waals surface area contributed by atoms with Crippen LogP contribution in [0.3, 0.4) is 0 Å². The Hall–Kier alpha value is -1.59. The highest BCUT2D eigenvalue weighted by Crippen LogP contribution is 2.24. The smallest absolute Gasteiger partial charge is 0.407 e. The summed E-state index contributed by atoms with van der Waals surface area (Å²) in [6.45, 7) is 0.692. The van der Waals surface area contributed by atoms with Gasteiger partial charge in [0, 0.05) is 7.11 Å². The van der Waals surface area contributed by atoms with Gasteiger partial charge in [0.2, 0.25) is 0 Å². The summed E-state index contributed by atoms with van der Waals surface area (Å²) in [5, 5.41) is 2.77. The summed E-state index contributed by atoms with van der Waals surface area (Å²) in [5.41, 5.74) is 1.12. The van der Waals surface area contributed by atoms with Crippen molar-refractivity contribution in [3.8, 4) is 0 Å². The number of rotatable bonds is 7. The van der Waals surface area contributed by atoms with Crippen molar-refractivity contribution in [1.82, 2.24) is 5.32 Å². The lowest BCUT2D eigenvalue weighted by atomic mass is 10.0. The van der Waals surface area contributed by atoms with Gasteiger partial charge in [-0.25, -0.2) is 4.79 Å². The van der Waals surface area contributed by atoms with Gasteiger partial charge in [0.05, 0.1) is 12.1 Å². The molecule has 0 aromatic heterocycles. The third-order valence-electron chi connectivity index (χ3n) is 3.07. The zero-order valence-corrected chi connectivity index (χ0v) is 11.0. The van der Waals surface area contributed by atoms with Crippen LogP contribution in [0, 0.1) is 0 Å². The van der Waals surface area contributed by atoms with Crippen LogP contribution in [0.5, 0.6) is 0 Å². The minimum atomic E-state index is -0.334. The minimum Gasteiger partial charge on any atom is -0.447 e. The number of benzene rings is 1. The summed E-state index contributed by atoms with van der Waals surface area (Å²) >= 11 is 0. The highest BCUT2D eigenvalue weighted by atomic mass is 16.7. The van der Waals surface area contributed by atoms with Crippen LogP contribution in [-0.4, -0.2) is 32.6 Å². The molecule has 1 aromatic rings. The lowest BCUT2D eigenvalue weighted by Crippen LogP contribution is -2.26. The molecule has 2 rings (SSSR count). The Bertz CT molecular complexity index is 396. The molecule has 1 aliphatic heterocycles. The first-order valence-electron chi connectivity index (χ1n) is 6.38. The van der Waals surface area contributed by atoms with Crippen LogP contribution in [0.2, 0.25) is 0 Å². The first-order valence-corrected chi connectivity index (χ1v) is 6.38. The van der Waals surface area contributed by atoms with Crippen molar-refractivity contribution in [2.24, 2.45) is 0 Å². The largest absolute Gasteiger partial charge is 0.447 e. The fraction of sp³-hybridized carbons (Fsp3) is 0.500. The maximum atomic E-state index is 11.0. The summed E-state index contributed by atoms with van der Waals surface area (Å²) < 4.78 is 15.5. The van der Waals surface area contributed by atoms with E-state index in [2.05, 4.69) is 5.32 Å². The normalized spacial score (nSPS) is 19.8. The third kappa shape index (κ3) is 4.22. The van der Waals surface area contributed by atoms with Crippen LogP contribution in [0.15, 0.2) is 30.3 Å². The molecule has 0 unspecified atom stereocenters. The molecule has 5 nitrogen and oxygen atoms in total. The Morgan fingerprint density at radius 2 is 2.21 bits per heavy atom. The van der Waals surface area contributed by atoms with E-state index >= 15 is 0 Å². The van der Waals surface area contributed by atoms with Gasteiger partial charge in [0.25, 0.3) is 0 Å². The summed E-state index contributed by atoms with van der Waals surface area (Å²) in [6.07, 6.45) is 1.26. The van der Waals surface area contributed by atoms with Gasteiger partial charge >= 0.3 is 6.09 Å². The van der Waals surface area contributed by atoms with E-state index in [0.717, 1.165) is 18.4 Å². The Balaban J connectivity index is 1.88. The standard InChI is InChI=1S/C14H19NO4/c1-17-10-19-13(11-5-3-2-4-6-11)8-7-12-9-18-14(16)15-12/h2-6,12-13H,7-10H2,1H3,(H,15,16)/t12-,13-/m0/s1. The summed E-state index contributed by atoms with van der Waals surface area (Å²) in [5.74, 6) is 0. The van der Waals surface area contributed by atoms with Crippen LogP contribution in [0.4, 0.5) is 4.79 Å². The number of carbonyl (C=O) groups excluding carboxylic acids is 1. The second kappa shape index (κ2) is 7.11. The van der Waals surface area contributed by atoms with Gasteiger partial charge in [-0.3, -0.25) is 0 Å². The fourth-order valence-corrected chi connectivity index (χ4v) is 2.10. The minimum absolute atomic E-state index is 0.0290. The average molecular weight is 265 g/mol. The lowest BCUT2D eigenvalue weighted by molar-refractivity contribution is -0.0768. The van der Waals surface area contributed by atoms with Crippen LogP contribution >= 0.6 is 0 Å². The highest BCUT2D eigenvalue weighted by molar-refractivity contribution is 5.69. The predicted octanol–water partition coefficient (Wildman–Crippen LogP) is 2.24. The number of carbonyl (C=O) groups is 1. The van der Waals surface area contributed by atoms with Crippen LogP contribution in [-0.2, 0) is 14.2 Å². The molecule has 5 heteroatoms. The zero-order valence-electron chi connectivity index (χ0n) is 11.0. The molecule has 1 amide bonds. The van der Waals surface area contributed by atoms with Crippen LogP contribution in [0.25, 0.3) is 0 Å². The molecule has 1 aromatic carbocycles. The molecule has 1 fully saturated rings. The highest BCUT2D eigenvalue weighted by Gasteiger charge is 2.23. The maximum absolute atomic E-state index is 11.0. The molecule has 0 saturated carbocycles.